The van der Waals surface area contributed by atoms with Gasteiger partial charge in [-0.3, -0.25) is 4.79 Å². The Bertz CT molecular complexity index is 1680. The van der Waals surface area contributed by atoms with Crippen molar-refractivity contribution in [1.82, 2.24) is 29.7 Å². The molecular weight excluding hydrogens is 510 g/mol. The van der Waals surface area contributed by atoms with E-state index in [1.54, 1.807) is 35.2 Å². The standard InChI is InChI=1S/C31H30F2N6O/c1-18-12-19(6-7-20-8-10-38-11-9-21(20)15-38)13-25(35-18)31(40)37-30(28-26-14-22(32)16-39(26)17-34-28)29-27(33)23-4-2-3-5-24(23)36-29/h2-5,12-13,17,20-22,30,36H,8-11,14-16H2,1H3,(H,37,40)/t20?,21?,22-,30?/m1/s1. The van der Waals surface area contributed by atoms with Gasteiger partial charge in [-0.15, -0.1) is 0 Å². The molecule has 2 N–H and O–H groups in total. The van der Waals surface area contributed by atoms with Crippen LogP contribution in [0.1, 0.15) is 57.7 Å². The number of hydrogen-bond donors (Lipinski definition) is 2. The van der Waals surface area contributed by atoms with Crippen LogP contribution >= 0.6 is 0 Å². The number of imidazole rings is 1. The second-order valence-electron chi connectivity index (χ2n) is 11.2. The van der Waals surface area contributed by atoms with Crippen LogP contribution in [0, 0.1) is 36.4 Å². The van der Waals surface area contributed by atoms with Gasteiger partial charge < -0.3 is 19.8 Å². The van der Waals surface area contributed by atoms with Crippen molar-refractivity contribution in [2.24, 2.45) is 11.8 Å². The predicted octanol–water partition coefficient (Wildman–Crippen LogP) is 4.31. The molecule has 1 aromatic carbocycles. The van der Waals surface area contributed by atoms with Gasteiger partial charge in [0.15, 0.2) is 5.82 Å². The second kappa shape index (κ2) is 9.86. The first-order chi connectivity index (χ1) is 19.4. The van der Waals surface area contributed by atoms with E-state index in [4.69, 9.17) is 0 Å². The lowest BCUT2D eigenvalue weighted by Crippen LogP contribution is -2.32. The van der Waals surface area contributed by atoms with Crippen LogP contribution in [0.5, 0.6) is 0 Å². The Hall–Kier alpha value is -4.03. The zero-order chi connectivity index (χ0) is 27.4. The molecule has 2 bridgehead atoms. The number of piperidine rings is 1. The maximum atomic E-state index is 15.7. The van der Waals surface area contributed by atoms with Crippen molar-refractivity contribution < 1.29 is 13.6 Å². The molecule has 0 aliphatic carbocycles. The number of H-pyrrole nitrogens is 1. The number of pyridine rings is 1. The third-order valence-corrected chi connectivity index (χ3v) is 8.52. The van der Waals surface area contributed by atoms with E-state index in [1.165, 1.54) is 6.42 Å². The lowest BCUT2D eigenvalue weighted by atomic mass is 9.87. The molecule has 40 heavy (non-hydrogen) atoms. The lowest BCUT2D eigenvalue weighted by molar-refractivity contribution is 0.0936. The Morgan fingerprint density at radius 1 is 1.20 bits per heavy atom. The van der Waals surface area contributed by atoms with Gasteiger partial charge in [-0.2, -0.15) is 0 Å². The zero-order valence-electron chi connectivity index (χ0n) is 22.3. The summed E-state index contributed by atoms with van der Waals surface area (Å²) in [4.78, 5) is 28.2. The topological polar surface area (TPSA) is 78.8 Å². The molecule has 2 fully saturated rings. The van der Waals surface area contributed by atoms with E-state index in [-0.39, 0.29) is 24.4 Å². The van der Waals surface area contributed by atoms with Gasteiger partial charge in [0.05, 0.1) is 24.3 Å². The van der Waals surface area contributed by atoms with E-state index in [1.807, 2.05) is 19.1 Å². The molecule has 3 aliphatic heterocycles. The maximum absolute atomic E-state index is 15.7. The summed E-state index contributed by atoms with van der Waals surface area (Å²) in [6.45, 7) is 5.39. The summed E-state index contributed by atoms with van der Waals surface area (Å²) in [6.07, 6.45) is 2.93. The number of halogens is 2. The molecule has 7 rings (SSSR count). The van der Waals surface area contributed by atoms with Crippen molar-refractivity contribution in [3.63, 3.8) is 0 Å². The van der Waals surface area contributed by atoms with Crippen LogP contribution in [-0.4, -0.2) is 56.1 Å². The minimum absolute atomic E-state index is 0.159. The fourth-order valence-corrected chi connectivity index (χ4v) is 6.52. The number of amides is 1. The van der Waals surface area contributed by atoms with Crippen molar-refractivity contribution in [3.8, 4) is 11.8 Å². The summed E-state index contributed by atoms with van der Waals surface area (Å²) in [7, 11) is 0. The van der Waals surface area contributed by atoms with E-state index >= 15 is 4.39 Å². The number of nitrogens with one attached hydrogen (secondary N) is 2. The van der Waals surface area contributed by atoms with Gasteiger partial charge in [-0.1, -0.05) is 24.0 Å². The number of carbonyl (C=O) groups is 1. The molecule has 3 aliphatic rings. The number of aromatic amines is 1. The SMILES string of the molecule is Cc1cc(C#CC2CCN3CCC2C3)cc(C(=O)NC(c2ncn3c2C[C@@H](F)C3)c2[nH]c3ccccc3c2F)n1. The number of nitrogens with zero attached hydrogens (tertiary/aromatic N) is 4. The van der Waals surface area contributed by atoms with Crippen molar-refractivity contribution in [3.05, 3.63) is 82.6 Å². The van der Waals surface area contributed by atoms with Crippen molar-refractivity contribution in [1.29, 1.82) is 0 Å². The number of benzene rings is 1. The minimum Gasteiger partial charge on any atom is -0.354 e. The van der Waals surface area contributed by atoms with Crippen molar-refractivity contribution in [2.75, 3.05) is 19.6 Å². The zero-order valence-corrected chi connectivity index (χ0v) is 22.3. The van der Waals surface area contributed by atoms with Crippen LogP contribution in [0.15, 0.2) is 42.7 Å². The highest BCUT2D eigenvalue weighted by Crippen LogP contribution is 2.34. The highest BCUT2D eigenvalue weighted by atomic mass is 19.1. The molecule has 6 heterocycles. The average Bonchev–Trinajstić information content (AvgIpc) is 3.70. The van der Waals surface area contributed by atoms with Crippen molar-refractivity contribution >= 4 is 16.8 Å². The van der Waals surface area contributed by atoms with E-state index in [0.29, 0.717) is 39.8 Å². The number of aromatic nitrogens is 4. The fraction of sp³-hybridized carbons (Fsp3) is 0.387. The van der Waals surface area contributed by atoms with Crippen molar-refractivity contribution in [2.45, 2.75) is 44.9 Å². The molecule has 0 saturated carbocycles. The first kappa shape index (κ1) is 25.0. The molecule has 7 nitrogen and oxygen atoms in total. The quantitative estimate of drug-likeness (QED) is 0.378. The summed E-state index contributed by atoms with van der Waals surface area (Å²) < 4.78 is 31.7. The van der Waals surface area contributed by atoms with Gasteiger partial charge in [-0.05, 0) is 63.0 Å². The molecule has 5 atom stereocenters. The Morgan fingerprint density at radius 3 is 2.92 bits per heavy atom. The molecule has 3 aromatic heterocycles. The predicted molar refractivity (Wildman–Crippen MR) is 147 cm³/mol. The summed E-state index contributed by atoms with van der Waals surface area (Å²) >= 11 is 0. The van der Waals surface area contributed by atoms with E-state index in [9.17, 15) is 9.18 Å². The minimum atomic E-state index is -1.04. The molecule has 0 spiro atoms. The molecule has 4 unspecified atom stereocenters. The first-order valence-electron chi connectivity index (χ1n) is 13.9. The van der Waals surface area contributed by atoms with Crippen LogP contribution in [0.4, 0.5) is 8.78 Å². The van der Waals surface area contributed by atoms with Crippen LogP contribution in [0.3, 0.4) is 0 Å². The molecule has 4 aromatic rings. The molecule has 9 heteroatoms. The largest absolute Gasteiger partial charge is 0.354 e. The molecule has 1 amide bonds. The summed E-state index contributed by atoms with van der Waals surface area (Å²) in [5, 5.41) is 3.37. The van der Waals surface area contributed by atoms with Crippen LogP contribution < -0.4 is 5.32 Å². The lowest BCUT2D eigenvalue weighted by Gasteiger charge is -2.26. The van der Waals surface area contributed by atoms with Gasteiger partial charge in [0.1, 0.15) is 17.9 Å². The Balaban J connectivity index is 1.22. The first-order valence-corrected chi connectivity index (χ1v) is 13.9. The van der Waals surface area contributed by atoms with Gasteiger partial charge in [0, 0.05) is 46.7 Å². The highest BCUT2D eigenvalue weighted by Gasteiger charge is 2.34. The Morgan fingerprint density at radius 2 is 2.05 bits per heavy atom. The van der Waals surface area contributed by atoms with Crippen LogP contribution in [0.25, 0.3) is 10.9 Å². The van der Waals surface area contributed by atoms with Gasteiger partial charge in [0.25, 0.3) is 5.91 Å². The number of rotatable bonds is 4. The number of alkyl halides is 1. The summed E-state index contributed by atoms with van der Waals surface area (Å²) in [6, 6.07) is 9.64. The highest BCUT2D eigenvalue weighted by molar-refractivity contribution is 5.93. The van der Waals surface area contributed by atoms with Crippen LogP contribution in [0.2, 0.25) is 0 Å². The number of para-hydroxylation sites is 1. The third-order valence-electron chi connectivity index (χ3n) is 8.52. The smallest absolute Gasteiger partial charge is 0.270 e. The second-order valence-corrected chi connectivity index (χ2v) is 11.2. The Labute approximate surface area is 231 Å². The summed E-state index contributed by atoms with van der Waals surface area (Å²) in [5.41, 5.74) is 3.45. The normalized spacial score (nSPS) is 24.0. The van der Waals surface area contributed by atoms with Crippen LogP contribution in [-0.2, 0) is 13.0 Å². The monoisotopic (exact) mass is 540 g/mol. The van der Waals surface area contributed by atoms with Gasteiger partial charge in [-0.25, -0.2) is 18.7 Å². The Kier molecular flexibility index (Phi) is 6.16. The third kappa shape index (κ3) is 4.46. The van der Waals surface area contributed by atoms with E-state index < -0.39 is 23.9 Å². The fourth-order valence-electron chi connectivity index (χ4n) is 6.52. The number of fused-ring (bicyclic) bond motifs is 4. The van der Waals surface area contributed by atoms with E-state index in [2.05, 4.69) is 37.0 Å². The molecular formula is C31H30F2N6O. The van der Waals surface area contributed by atoms with Gasteiger partial charge in [0.2, 0.25) is 0 Å². The maximum Gasteiger partial charge on any atom is 0.270 e. The van der Waals surface area contributed by atoms with Gasteiger partial charge >= 0.3 is 0 Å². The number of hydrogen-bond acceptors (Lipinski definition) is 4. The summed E-state index contributed by atoms with van der Waals surface area (Å²) in [5.74, 6) is 6.79. The molecule has 2 saturated heterocycles. The molecule has 204 valence electrons. The number of carbonyl (C=O) groups excluding carboxylic acids is 1. The number of aryl methyl sites for hydroxylation is 1. The molecule has 0 radical (unpaired) electrons. The average molecular weight is 541 g/mol. The van der Waals surface area contributed by atoms with E-state index in [0.717, 1.165) is 31.6 Å².